The summed E-state index contributed by atoms with van der Waals surface area (Å²) >= 11 is 0. The van der Waals surface area contributed by atoms with Crippen LogP contribution in [0.25, 0.3) is 0 Å². The van der Waals surface area contributed by atoms with Crippen LogP contribution in [0, 0.1) is 11.6 Å². The van der Waals surface area contributed by atoms with Gasteiger partial charge >= 0.3 is 5.97 Å². The van der Waals surface area contributed by atoms with Crippen LogP contribution in [-0.2, 0) is 24.3 Å². The Morgan fingerprint density at radius 2 is 2.08 bits per heavy atom. The van der Waals surface area contributed by atoms with Crippen molar-refractivity contribution < 1.29 is 28.2 Å². The Morgan fingerprint density at radius 3 is 2.77 bits per heavy atom. The van der Waals surface area contributed by atoms with Crippen molar-refractivity contribution in [3.8, 4) is 5.75 Å². The minimum Gasteiger partial charge on any atom is -0.496 e. The summed E-state index contributed by atoms with van der Waals surface area (Å²) in [5.41, 5.74) is 0.888. The predicted octanol–water partition coefficient (Wildman–Crippen LogP) is 1.84. The molecule has 1 aromatic heterocycles. The summed E-state index contributed by atoms with van der Waals surface area (Å²) in [5.74, 6) is -3.97. The molecule has 1 aliphatic rings. The topological polar surface area (TPSA) is 84.7 Å². The van der Waals surface area contributed by atoms with Crippen molar-refractivity contribution in [3.05, 3.63) is 46.8 Å². The number of halogens is 2. The molecule has 0 aliphatic carbocycles. The second-order valence-corrected chi connectivity index (χ2v) is 5.91. The number of amides is 1. The summed E-state index contributed by atoms with van der Waals surface area (Å²) in [6.07, 6.45) is 0.250. The Bertz CT molecular complexity index is 866. The lowest BCUT2D eigenvalue weighted by atomic mass is 10.1. The zero-order valence-corrected chi connectivity index (χ0v) is 14.0. The van der Waals surface area contributed by atoms with Crippen molar-refractivity contribution in [2.24, 2.45) is 0 Å². The number of aliphatic carboxylic acids is 1. The number of carbonyl (C=O) groups is 2. The Hall–Kier alpha value is -2.97. The largest absolute Gasteiger partial charge is 0.496 e. The van der Waals surface area contributed by atoms with Crippen molar-refractivity contribution >= 4 is 11.9 Å². The van der Waals surface area contributed by atoms with Crippen molar-refractivity contribution in [2.45, 2.75) is 25.9 Å². The Kier molecular flexibility index (Phi) is 4.88. The zero-order valence-electron chi connectivity index (χ0n) is 14.0. The van der Waals surface area contributed by atoms with Gasteiger partial charge in [0.2, 0.25) is 0 Å². The van der Waals surface area contributed by atoms with Gasteiger partial charge in [0.05, 0.1) is 38.0 Å². The maximum Gasteiger partial charge on any atom is 0.303 e. The minimum absolute atomic E-state index is 0.0323. The molecule has 138 valence electrons. The molecule has 3 rings (SSSR count). The average Bonchev–Trinajstić information content (AvgIpc) is 3.03. The number of methoxy groups -OCH3 is 1. The Balaban J connectivity index is 1.82. The van der Waals surface area contributed by atoms with Gasteiger partial charge in [-0.15, -0.1) is 0 Å². The lowest BCUT2D eigenvalue weighted by molar-refractivity contribution is -0.136. The molecule has 0 saturated carbocycles. The van der Waals surface area contributed by atoms with Crippen LogP contribution in [-0.4, -0.2) is 45.3 Å². The van der Waals surface area contributed by atoms with Gasteiger partial charge < -0.3 is 14.7 Å². The summed E-state index contributed by atoms with van der Waals surface area (Å²) in [6, 6.07) is 3.84. The van der Waals surface area contributed by atoms with Crippen molar-refractivity contribution in [1.29, 1.82) is 0 Å². The highest BCUT2D eigenvalue weighted by molar-refractivity contribution is 5.97. The molecule has 2 heterocycles. The van der Waals surface area contributed by atoms with Gasteiger partial charge in [-0.1, -0.05) is 0 Å². The monoisotopic (exact) mass is 365 g/mol. The molecule has 1 aromatic carbocycles. The molecule has 0 fully saturated rings. The van der Waals surface area contributed by atoms with Crippen molar-refractivity contribution in [3.63, 3.8) is 0 Å². The third-order valence-corrected chi connectivity index (χ3v) is 4.22. The summed E-state index contributed by atoms with van der Waals surface area (Å²) in [5, 5.41) is 13.1. The molecule has 2 aromatic rings. The van der Waals surface area contributed by atoms with Crippen LogP contribution in [0.5, 0.6) is 5.75 Å². The summed E-state index contributed by atoms with van der Waals surface area (Å²) in [4.78, 5) is 24.8. The Labute approximate surface area is 147 Å². The highest BCUT2D eigenvalue weighted by atomic mass is 19.2. The van der Waals surface area contributed by atoms with Crippen LogP contribution in [0.1, 0.15) is 28.2 Å². The summed E-state index contributed by atoms with van der Waals surface area (Å²) < 4.78 is 34.4. The van der Waals surface area contributed by atoms with Gasteiger partial charge in [-0.2, -0.15) is 5.10 Å². The lowest BCUT2D eigenvalue weighted by Gasteiger charge is -2.28. The molecule has 0 saturated heterocycles. The van der Waals surface area contributed by atoms with E-state index in [0.29, 0.717) is 17.9 Å². The summed E-state index contributed by atoms with van der Waals surface area (Å²) in [7, 11) is 1.28. The first-order chi connectivity index (χ1) is 12.4. The standard InChI is InChI=1S/C17H17F2N3O4/c1-26-13-4-3-12(18)16(19)15(13)17(25)21-6-7-22-11(9-21)8-10(20-22)2-5-14(23)24/h3-4,8H,2,5-7,9H2,1H3,(H,23,24). The molecule has 0 bridgehead atoms. The molecule has 7 nitrogen and oxygen atoms in total. The molecule has 0 atom stereocenters. The number of ether oxygens (including phenoxy) is 1. The molecular weight excluding hydrogens is 348 g/mol. The maximum atomic E-state index is 14.2. The van der Waals surface area contributed by atoms with Crippen LogP contribution < -0.4 is 4.74 Å². The molecule has 0 unspecified atom stereocenters. The number of hydrogen-bond donors (Lipinski definition) is 1. The Morgan fingerprint density at radius 1 is 1.31 bits per heavy atom. The highest BCUT2D eigenvalue weighted by Crippen LogP contribution is 2.27. The van der Waals surface area contributed by atoms with Crippen LogP contribution in [0.15, 0.2) is 18.2 Å². The fourth-order valence-corrected chi connectivity index (χ4v) is 2.92. The first-order valence-electron chi connectivity index (χ1n) is 7.99. The average molecular weight is 365 g/mol. The van der Waals surface area contributed by atoms with Gasteiger partial charge in [0.1, 0.15) is 11.3 Å². The molecular formula is C17H17F2N3O4. The fraction of sp³-hybridized carbons (Fsp3) is 0.353. The van der Waals surface area contributed by atoms with Crippen molar-refractivity contribution in [2.75, 3.05) is 13.7 Å². The van der Waals surface area contributed by atoms with E-state index in [0.717, 1.165) is 6.07 Å². The van der Waals surface area contributed by atoms with Gasteiger partial charge in [0.25, 0.3) is 5.91 Å². The fourth-order valence-electron chi connectivity index (χ4n) is 2.92. The van der Waals surface area contributed by atoms with Crippen LogP contribution in [0.2, 0.25) is 0 Å². The van der Waals surface area contributed by atoms with Crippen molar-refractivity contribution in [1.82, 2.24) is 14.7 Å². The second kappa shape index (κ2) is 7.11. The molecule has 0 spiro atoms. The minimum atomic E-state index is -1.24. The van der Waals surface area contributed by atoms with E-state index < -0.39 is 29.1 Å². The van der Waals surface area contributed by atoms with E-state index >= 15 is 0 Å². The number of carboxylic acid groups (broad SMARTS) is 1. The van der Waals surface area contributed by atoms with E-state index in [-0.39, 0.29) is 31.7 Å². The number of rotatable bonds is 5. The number of hydrogen-bond acceptors (Lipinski definition) is 4. The SMILES string of the molecule is COc1ccc(F)c(F)c1C(=O)N1CCn2nc(CCC(=O)O)cc2C1. The number of fused-ring (bicyclic) bond motifs is 1. The van der Waals surface area contributed by atoms with Crippen LogP contribution in [0.4, 0.5) is 8.78 Å². The summed E-state index contributed by atoms with van der Waals surface area (Å²) in [6.45, 7) is 0.816. The van der Waals surface area contributed by atoms with E-state index in [1.54, 1.807) is 10.7 Å². The molecule has 26 heavy (non-hydrogen) atoms. The van der Waals surface area contributed by atoms with Gasteiger partial charge in [-0.3, -0.25) is 14.3 Å². The number of aromatic nitrogens is 2. The highest BCUT2D eigenvalue weighted by Gasteiger charge is 2.29. The van der Waals surface area contributed by atoms with Crippen LogP contribution in [0.3, 0.4) is 0 Å². The van der Waals surface area contributed by atoms with E-state index in [9.17, 15) is 18.4 Å². The normalized spacial score (nSPS) is 13.4. The molecule has 1 amide bonds. The van der Waals surface area contributed by atoms with Gasteiger partial charge in [-0.05, 0) is 18.2 Å². The first kappa shape index (κ1) is 17.8. The molecule has 9 heteroatoms. The number of carboxylic acids is 1. The first-order valence-corrected chi connectivity index (χ1v) is 7.99. The second-order valence-electron chi connectivity index (χ2n) is 5.91. The van der Waals surface area contributed by atoms with Gasteiger partial charge in [-0.25, -0.2) is 8.78 Å². The van der Waals surface area contributed by atoms with E-state index in [1.807, 2.05) is 0 Å². The third kappa shape index (κ3) is 3.37. The smallest absolute Gasteiger partial charge is 0.303 e. The zero-order chi connectivity index (χ0) is 18.8. The van der Waals surface area contributed by atoms with Gasteiger partial charge in [0, 0.05) is 13.0 Å². The van der Waals surface area contributed by atoms with E-state index in [2.05, 4.69) is 5.10 Å². The lowest BCUT2D eigenvalue weighted by Crippen LogP contribution is -2.39. The number of carbonyl (C=O) groups excluding carboxylic acids is 1. The number of benzene rings is 1. The van der Waals surface area contributed by atoms with E-state index in [4.69, 9.17) is 9.84 Å². The third-order valence-electron chi connectivity index (χ3n) is 4.22. The molecule has 1 N–H and O–H groups in total. The molecule has 1 aliphatic heterocycles. The quantitative estimate of drug-likeness (QED) is 0.874. The predicted molar refractivity (Wildman–Crippen MR) is 85.8 cm³/mol. The number of aryl methyl sites for hydroxylation is 1. The number of nitrogens with zero attached hydrogens (tertiary/aromatic N) is 3. The van der Waals surface area contributed by atoms with Crippen LogP contribution >= 0.6 is 0 Å². The van der Waals surface area contributed by atoms with E-state index in [1.165, 1.54) is 18.1 Å². The maximum absolute atomic E-state index is 14.2. The molecule has 0 radical (unpaired) electrons. The van der Waals surface area contributed by atoms with Gasteiger partial charge in [0.15, 0.2) is 11.6 Å².